The first-order valence-electron chi connectivity index (χ1n) is 9.18. The average Bonchev–Trinajstić information content (AvgIpc) is 2.77. The van der Waals surface area contributed by atoms with Gasteiger partial charge in [0.1, 0.15) is 28.5 Å². The molecule has 4 aromatic rings. The Kier molecular flexibility index (Phi) is 7.55. The van der Waals surface area contributed by atoms with Crippen molar-refractivity contribution in [3.05, 3.63) is 134 Å². The monoisotopic (exact) mass is 525 g/mol. The number of rotatable bonds is 4. The van der Waals surface area contributed by atoms with E-state index in [9.17, 15) is 0 Å². The third kappa shape index (κ3) is 4.86. The first kappa shape index (κ1) is 21.9. The SMILES string of the molecule is O=[N+]([O-])[O-].[125I]c1ccc([P+](c2ccccc2)(c2ccccc2)c2ccccc2)cc1. The third-order valence-corrected chi connectivity index (χ3v) is 9.65. The van der Waals surface area contributed by atoms with Crippen molar-refractivity contribution >= 4 is 51.1 Å². The summed E-state index contributed by atoms with van der Waals surface area (Å²) in [6, 6.07) is 42.0. The van der Waals surface area contributed by atoms with Crippen LogP contribution in [0.2, 0.25) is 0 Å². The Morgan fingerprint density at radius 3 is 1.10 bits per heavy atom. The molecule has 4 rings (SSSR count). The number of nitrogens with zero attached hydrogens (tertiary/aromatic N) is 1. The molecule has 0 saturated heterocycles. The smallest absolute Gasteiger partial charge is 0.144 e. The predicted octanol–water partition coefficient (Wildman–Crippen LogP) is 4.67. The molecule has 30 heavy (non-hydrogen) atoms. The fourth-order valence-corrected chi connectivity index (χ4v) is 8.12. The van der Waals surface area contributed by atoms with Gasteiger partial charge in [-0.25, -0.2) is 0 Å². The second kappa shape index (κ2) is 10.3. The number of benzene rings is 4. The predicted molar refractivity (Wildman–Crippen MR) is 134 cm³/mol. The zero-order chi connectivity index (χ0) is 21.4. The van der Waals surface area contributed by atoms with Gasteiger partial charge in [0.05, 0.1) is 5.09 Å². The summed E-state index contributed by atoms with van der Waals surface area (Å²) in [6.07, 6.45) is 0. The molecule has 4 aromatic carbocycles. The summed E-state index contributed by atoms with van der Waals surface area (Å²) in [5.74, 6) is 0. The third-order valence-electron chi connectivity index (χ3n) is 4.64. The van der Waals surface area contributed by atoms with Gasteiger partial charge in [-0.05, 0) is 83.3 Å². The van der Waals surface area contributed by atoms with Crippen molar-refractivity contribution in [3.63, 3.8) is 0 Å². The summed E-state index contributed by atoms with van der Waals surface area (Å²) in [5, 5.41) is 20.3. The molecule has 0 atom stereocenters. The maximum Gasteiger partial charge on any atom is 0.144 e. The summed E-state index contributed by atoms with van der Waals surface area (Å²) in [6.45, 7) is 0. The molecule has 0 heterocycles. The molecule has 0 saturated carbocycles. The van der Waals surface area contributed by atoms with Gasteiger partial charge in [0.15, 0.2) is 0 Å². The molecule has 0 amide bonds. The van der Waals surface area contributed by atoms with E-state index in [2.05, 4.69) is 138 Å². The van der Waals surface area contributed by atoms with Crippen LogP contribution in [-0.4, -0.2) is 5.09 Å². The van der Waals surface area contributed by atoms with Gasteiger partial charge < -0.3 is 15.3 Å². The van der Waals surface area contributed by atoms with Crippen LogP contribution in [0.25, 0.3) is 0 Å². The molecule has 0 spiro atoms. The highest BCUT2D eigenvalue weighted by molar-refractivity contribution is 14.1. The van der Waals surface area contributed by atoms with Crippen LogP contribution in [0.1, 0.15) is 0 Å². The number of hydrogen-bond donors (Lipinski definition) is 0. The Balaban J connectivity index is 0.000000589. The van der Waals surface area contributed by atoms with Crippen molar-refractivity contribution in [2.45, 2.75) is 0 Å². The fraction of sp³-hybridized carbons (Fsp3) is 0. The van der Waals surface area contributed by atoms with E-state index < -0.39 is 12.3 Å². The molecule has 6 heteroatoms. The molecule has 0 radical (unpaired) electrons. The fourth-order valence-electron chi connectivity index (χ4n) is 3.51. The van der Waals surface area contributed by atoms with E-state index in [0.717, 1.165) is 0 Å². The zero-order valence-corrected chi connectivity index (χ0v) is 19.0. The summed E-state index contributed by atoms with van der Waals surface area (Å²) < 4.78 is 1.26. The van der Waals surface area contributed by atoms with E-state index in [1.54, 1.807) is 0 Å². The van der Waals surface area contributed by atoms with Gasteiger partial charge in [-0.15, -0.1) is 0 Å². The molecule has 0 aromatic heterocycles. The van der Waals surface area contributed by atoms with Crippen LogP contribution in [-0.2, 0) is 0 Å². The molecular formula is C24H19INO3P. The molecule has 0 bridgehead atoms. The lowest BCUT2D eigenvalue weighted by Gasteiger charge is -2.27. The van der Waals surface area contributed by atoms with Crippen LogP contribution in [0.15, 0.2) is 115 Å². The molecule has 4 nitrogen and oxygen atoms in total. The van der Waals surface area contributed by atoms with Gasteiger partial charge in [0.2, 0.25) is 0 Å². The quantitative estimate of drug-likeness (QED) is 0.168. The molecule has 0 aliphatic rings. The van der Waals surface area contributed by atoms with Crippen LogP contribution in [0, 0.1) is 18.9 Å². The van der Waals surface area contributed by atoms with Crippen molar-refractivity contribution in [2.24, 2.45) is 0 Å². The largest absolute Gasteiger partial charge is 0.356 e. The van der Waals surface area contributed by atoms with Crippen molar-refractivity contribution in [3.8, 4) is 0 Å². The second-order valence-electron chi connectivity index (χ2n) is 6.38. The van der Waals surface area contributed by atoms with Crippen molar-refractivity contribution < 1.29 is 5.09 Å². The Labute approximate surface area is 189 Å². The molecule has 0 unspecified atom stereocenters. The van der Waals surface area contributed by atoms with Crippen molar-refractivity contribution in [1.29, 1.82) is 0 Å². The highest BCUT2D eigenvalue weighted by Gasteiger charge is 2.47. The lowest BCUT2D eigenvalue weighted by Crippen LogP contribution is -2.38. The van der Waals surface area contributed by atoms with Crippen molar-refractivity contribution in [2.75, 3.05) is 0 Å². The van der Waals surface area contributed by atoms with Gasteiger partial charge in [-0.1, -0.05) is 54.6 Å². The lowest BCUT2D eigenvalue weighted by molar-refractivity contribution is -0.402. The Hall–Kier alpha value is -2.76. The van der Waals surface area contributed by atoms with Crippen LogP contribution < -0.4 is 21.2 Å². The van der Waals surface area contributed by atoms with Crippen LogP contribution >= 0.6 is 29.9 Å². The highest BCUT2D eigenvalue weighted by Crippen LogP contribution is 2.54. The van der Waals surface area contributed by atoms with E-state index in [4.69, 9.17) is 15.3 Å². The maximum atomic E-state index is 8.25. The molecular weight excluding hydrogens is 506 g/mol. The Morgan fingerprint density at radius 1 is 0.533 bits per heavy atom. The molecule has 0 aliphatic heterocycles. The summed E-state index contributed by atoms with van der Waals surface area (Å²) >= 11 is 2.38. The van der Waals surface area contributed by atoms with Gasteiger partial charge in [-0.2, -0.15) is 0 Å². The van der Waals surface area contributed by atoms with Crippen LogP contribution in [0.4, 0.5) is 0 Å². The summed E-state index contributed by atoms with van der Waals surface area (Å²) in [5.41, 5.74) is 0. The topological polar surface area (TPSA) is 66.2 Å². The number of hydrogen-bond acceptors (Lipinski definition) is 3. The first-order chi connectivity index (χ1) is 14.5. The van der Waals surface area contributed by atoms with E-state index in [1.807, 2.05) is 0 Å². The molecule has 0 fully saturated rings. The van der Waals surface area contributed by atoms with Gasteiger partial charge in [-0.3, -0.25) is 0 Å². The Bertz CT molecular complexity index is 975. The van der Waals surface area contributed by atoms with Crippen LogP contribution in [0.3, 0.4) is 0 Å². The standard InChI is InChI=1S/C24H19IP.NO3/c25-20-16-18-24(19-17-20)26(21-10-4-1-5-11-21,22-12-6-2-7-13-22)23-14-8-3-9-15-23;2-1(3)4/h1-19H;/q+1;-1/i25-2;. The molecule has 150 valence electrons. The first-order valence-corrected chi connectivity index (χ1v) is 12.1. The minimum absolute atomic E-state index is 1.26. The van der Waals surface area contributed by atoms with Gasteiger partial charge in [0.25, 0.3) is 0 Å². The van der Waals surface area contributed by atoms with Crippen molar-refractivity contribution in [1.82, 2.24) is 0 Å². The maximum absolute atomic E-state index is 8.25. The van der Waals surface area contributed by atoms with E-state index in [0.29, 0.717) is 0 Å². The summed E-state index contributed by atoms with van der Waals surface area (Å²) in [4.78, 5) is 8.25. The minimum Gasteiger partial charge on any atom is -0.356 e. The van der Waals surface area contributed by atoms with Gasteiger partial charge in [0, 0.05) is 3.57 Å². The molecule has 0 N–H and O–H groups in total. The second-order valence-corrected chi connectivity index (χ2v) is 11.0. The Morgan fingerprint density at radius 2 is 0.800 bits per heavy atom. The average molecular weight is 525 g/mol. The van der Waals surface area contributed by atoms with Crippen LogP contribution in [0.5, 0.6) is 0 Å². The molecule has 0 aliphatic carbocycles. The van der Waals surface area contributed by atoms with E-state index in [1.165, 1.54) is 24.8 Å². The lowest BCUT2D eigenvalue weighted by atomic mass is 10.3. The minimum atomic E-state index is -1.93. The normalized spacial score (nSPS) is 10.6. The highest BCUT2D eigenvalue weighted by atomic mass is 125. The van der Waals surface area contributed by atoms with E-state index >= 15 is 0 Å². The zero-order valence-electron chi connectivity index (χ0n) is 16.0. The number of halogens is 1. The van der Waals surface area contributed by atoms with Gasteiger partial charge >= 0.3 is 0 Å². The summed E-state index contributed by atoms with van der Waals surface area (Å²) in [7, 11) is -1.93. The van der Waals surface area contributed by atoms with E-state index in [-0.39, 0.29) is 0 Å².